The molecule has 0 saturated heterocycles. The first-order chi connectivity index (χ1) is 17.9. The molecule has 37 heavy (non-hydrogen) atoms. The lowest BCUT2D eigenvalue weighted by atomic mass is 9.98. The van der Waals surface area contributed by atoms with Crippen LogP contribution in [0.4, 0.5) is 5.69 Å². The van der Waals surface area contributed by atoms with E-state index < -0.39 is 17.9 Å². The van der Waals surface area contributed by atoms with Crippen LogP contribution in [0.5, 0.6) is 5.75 Å². The maximum atomic E-state index is 13.8. The van der Waals surface area contributed by atoms with Crippen molar-refractivity contribution >= 4 is 44.5 Å². The van der Waals surface area contributed by atoms with Gasteiger partial charge in [0.15, 0.2) is 5.43 Å². The monoisotopic (exact) mass is 561 g/mol. The van der Waals surface area contributed by atoms with E-state index in [4.69, 9.17) is 13.9 Å². The van der Waals surface area contributed by atoms with Crippen LogP contribution in [0.15, 0.2) is 80.4 Å². The zero-order valence-corrected chi connectivity index (χ0v) is 21.9. The summed E-state index contributed by atoms with van der Waals surface area (Å²) < 4.78 is 17.7. The fraction of sp³-hybridized carbons (Fsp3) is 0.207. The minimum Gasteiger partial charge on any atom is -0.494 e. The normalized spacial score (nSPS) is 14.6. The molecule has 0 N–H and O–H groups in total. The minimum absolute atomic E-state index is 0.000767. The van der Waals surface area contributed by atoms with E-state index in [0.29, 0.717) is 40.1 Å². The number of nitrogens with zero attached hydrogens (tertiary/aromatic N) is 1. The van der Waals surface area contributed by atoms with Crippen molar-refractivity contribution in [3.05, 3.63) is 104 Å². The molecule has 188 valence electrons. The summed E-state index contributed by atoms with van der Waals surface area (Å²) in [5, 5.41) is 0.379. The molecule has 0 spiro atoms. The van der Waals surface area contributed by atoms with Crippen LogP contribution in [0.1, 0.15) is 58.3 Å². The number of carbonyl (C=O) groups is 2. The molecule has 7 nitrogen and oxygen atoms in total. The molecular weight excluding hydrogens is 538 g/mol. The largest absolute Gasteiger partial charge is 0.494 e. The van der Waals surface area contributed by atoms with Gasteiger partial charge < -0.3 is 13.9 Å². The topological polar surface area (TPSA) is 86.0 Å². The van der Waals surface area contributed by atoms with E-state index in [2.05, 4.69) is 15.9 Å². The lowest BCUT2D eigenvalue weighted by Gasteiger charge is -2.25. The fourth-order valence-corrected chi connectivity index (χ4v) is 4.85. The summed E-state index contributed by atoms with van der Waals surface area (Å²) in [6, 6.07) is 18.3. The van der Waals surface area contributed by atoms with Crippen LogP contribution in [0.25, 0.3) is 11.0 Å². The van der Waals surface area contributed by atoms with Crippen molar-refractivity contribution in [2.45, 2.75) is 26.3 Å². The predicted molar refractivity (Wildman–Crippen MR) is 143 cm³/mol. The Morgan fingerprint density at radius 1 is 1.03 bits per heavy atom. The number of benzene rings is 3. The smallest absolute Gasteiger partial charge is 0.338 e. The summed E-state index contributed by atoms with van der Waals surface area (Å²) in [4.78, 5) is 41.3. The number of esters is 1. The molecule has 2 heterocycles. The van der Waals surface area contributed by atoms with Gasteiger partial charge in [0, 0.05) is 10.2 Å². The van der Waals surface area contributed by atoms with Crippen molar-refractivity contribution in [2.75, 3.05) is 18.1 Å². The highest BCUT2D eigenvalue weighted by Gasteiger charge is 2.43. The number of ether oxygens (including phenoxy) is 2. The van der Waals surface area contributed by atoms with Crippen LogP contribution in [0.3, 0.4) is 0 Å². The Kier molecular flexibility index (Phi) is 6.84. The number of anilines is 1. The molecule has 1 aromatic heterocycles. The van der Waals surface area contributed by atoms with Gasteiger partial charge in [-0.15, -0.1) is 0 Å². The molecule has 1 aliphatic heterocycles. The number of fused-ring (bicyclic) bond motifs is 2. The Labute approximate surface area is 221 Å². The van der Waals surface area contributed by atoms with Crippen molar-refractivity contribution in [1.29, 1.82) is 0 Å². The summed E-state index contributed by atoms with van der Waals surface area (Å²) >= 11 is 3.42. The van der Waals surface area contributed by atoms with E-state index in [9.17, 15) is 14.4 Å². The van der Waals surface area contributed by atoms with Gasteiger partial charge in [-0.2, -0.15) is 0 Å². The third-order valence-corrected chi connectivity index (χ3v) is 6.63. The van der Waals surface area contributed by atoms with Crippen molar-refractivity contribution in [3.63, 3.8) is 0 Å². The molecule has 8 heteroatoms. The molecule has 0 radical (unpaired) electrons. The Hall–Kier alpha value is -3.91. The Morgan fingerprint density at radius 2 is 1.81 bits per heavy atom. The lowest BCUT2D eigenvalue weighted by molar-refractivity contribution is 0.0526. The van der Waals surface area contributed by atoms with Gasteiger partial charge in [-0.05, 0) is 73.5 Å². The van der Waals surface area contributed by atoms with Crippen LogP contribution < -0.4 is 15.1 Å². The van der Waals surface area contributed by atoms with Crippen LogP contribution in [-0.4, -0.2) is 25.1 Å². The highest BCUT2D eigenvalue weighted by atomic mass is 79.9. The van der Waals surface area contributed by atoms with Gasteiger partial charge in [0.25, 0.3) is 5.91 Å². The Balaban J connectivity index is 1.69. The zero-order valence-electron chi connectivity index (χ0n) is 20.3. The maximum absolute atomic E-state index is 13.8. The van der Waals surface area contributed by atoms with Crippen molar-refractivity contribution in [3.8, 4) is 5.75 Å². The number of hydrogen-bond acceptors (Lipinski definition) is 6. The van der Waals surface area contributed by atoms with Gasteiger partial charge in [-0.25, -0.2) is 4.79 Å². The summed E-state index contributed by atoms with van der Waals surface area (Å²) in [7, 11) is 0. The van der Waals surface area contributed by atoms with E-state index >= 15 is 0 Å². The number of carbonyl (C=O) groups excluding carboxylic acids is 2. The van der Waals surface area contributed by atoms with Crippen LogP contribution in [-0.2, 0) is 4.74 Å². The first-order valence-electron chi connectivity index (χ1n) is 12.0. The summed E-state index contributed by atoms with van der Waals surface area (Å²) in [6.07, 6.45) is 0.846. The highest BCUT2D eigenvalue weighted by molar-refractivity contribution is 9.10. The summed E-state index contributed by atoms with van der Waals surface area (Å²) in [5.74, 6) is -0.244. The molecular formula is C29H24BrNO6. The van der Waals surface area contributed by atoms with Gasteiger partial charge in [-0.3, -0.25) is 14.5 Å². The van der Waals surface area contributed by atoms with E-state index in [0.717, 1.165) is 10.9 Å². The van der Waals surface area contributed by atoms with Crippen LogP contribution >= 0.6 is 15.9 Å². The van der Waals surface area contributed by atoms with Crippen molar-refractivity contribution in [1.82, 2.24) is 0 Å². The van der Waals surface area contributed by atoms with Crippen molar-refractivity contribution in [2.24, 2.45) is 0 Å². The highest BCUT2D eigenvalue weighted by Crippen LogP contribution is 2.42. The molecule has 1 unspecified atom stereocenters. The van der Waals surface area contributed by atoms with E-state index in [1.54, 1.807) is 49.4 Å². The predicted octanol–water partition coefficient (Wildman–Crippen LogP) is 6.27. The third-order valence-electron chi connectivity index (χ3n) is 6.14. The van der Waals surface area contributed by atoms with E-state index in [1.165, 1.54) is 4.90 Å². The van der Waals surface area contributed by atoms with Gasteiger partial charge in [0.05, 0.1) is 35.8 Å². The lowest BCUT2D eigenvalue weighted by Crippen LogP contribution is -2.29. The molecule has 1 aliphatic rings. The summed E-state index contributed by atoms with van der Waals surface area (Å²) in [5.41, 5.74) is 1.90. The number of amides is 1. The SMILES string of the molecule is CCCOc1cccc(C2c3c(oc4ccc(Br)cc4c3=O)C(=O)N2c2ccc(C(=O)OCC)cc2)c1. The molecule has 4 aromatic rings. The van der Waals surface area contributed by atoms with Gasteiger partial charge in [0.2, 0.25) is 5.76 Å². The number of rotatable bonds is 7. The zero-order chi connectivity index (χ0) is 26.1. The number of hydrogen-bond donors (Lipinski definition) is 0. The standard InChI is InChI=1S/C29H24BrNO6/c1-3-14-36-21-7-5-6-18(15-21)25-24-26(32)22-16-19(30)10-13-23(22)37-27(24)28(33)31(25)20-11-8-17(9-12-20)29(34)35-4-2/h5-13,15-16,25H,3-4,14H2,1-2H3. The van der Waals surface area contributed by atoms with Gasteiger partial charge in [-0.1, -0.05) is 35.0 Å². The molecule has 0 aliphatic carbocycles. The van der Waals surface area contributed by atoms with Gasteiger partial charge in [0.1, 0.15) is 11.3 Å². The molecule has 5 rings (SSSR count). The fourth-order valence-electron chi connectivity index (χ4n) is 4.49. The average Bonchev–Trinajstić information content (AvgIpc) is 3.20. The summed E-state index contributed by atoms with van der Waals surface area (Å²) in [6.45, 7) is 4.56. The molecule has 0 bridgehead atoms. The minimum atomic E-state index is -0.749. The van der Waals surface area contributed by atoms with E-state index in [1.807, 2.05) is 31.2 Å². The molecule has 1 atom stereocenters. The number of halogens is 1. The second-order valence-electron chi connectivity index (χ2n) is 8.58. The first kappa shape index (κ1) is 24.8. The second-order valence-corrected chi connectivity index (χ2v) is 9.50. The van der Waals surface area contributed by atoms with Crippen LogP contribution in [0.2, 0.25) is 0 Å². The maximum Gasteiger partial charge on any atom is 0.338 e. The first-order valence-corrected chi connectivity index (χ1v) is 12.8. The molecule has 0 fully saturated rings. The van der Waals surface area contributed by atoms with E-state index in [-0.39, 0.29) is 23.4 Å². The Bertz CT molecular complexity index is 1560. The molecule has 1 amide bonds. The average molecular weight is 562 g/mol. The van der Waals surface area contributed by atoms with Crippen molar-refractivity contribution < 1.29 is 23.5 Å². The second kappa shape index (κ2) is 10.2. The quantitative estimate of drug-likeness (QED) is 0.247. The Morgan fingerprint density at radius 3 is 2.54 bits per heavy atom. The third kappa shape index (κ3) is 4.53. The molecule has 0 saturated carbocycles. The molecule has 3 aromatic carbocycles. The van der Waals surface area contributed by atoms with Gasteiger partial charge >= 0.3 is 5.97 Å². The van der Waals surface area contributed by atoms with Crippen LogP contribution in [0, 0.1) is 0 Å².